The van der Waals surface area contributed by atoms with Crippen molar-refractivity contribution in [2.24, 2.45) is 0 Å². The van der Waals surface area contributed by atoms with Crippen molar-refractivity contribution in [2.75, 3.05) is 46.1 Å². The number of anilines is 1. The fourth-order valence-electron chi connectivity index (χ4n) is 5.81. The van der Waals surface area contributed by atoms with Gasteiger partial charge in [0.25, 0.3) is 0 Å². The summed E-state index contributed by atoms with van der Waals surface area (Å²) in [6.07, 6.45) is 5.42. The molecular weight excluding hydrogens is 653 g/mol. The zero-order chi connectivity index (χ0) is 33.3. The van der Waals surface area contributed by atoms with Crippen LogP contribution >= 0.6 is 24.8 Å². The number of methoxy groups -OCH3 is 2. The first-order chi connectivity index (χ1) is 22.0. The monoisotopic (exact) mass is 705 g/mol. The van der Waals surface area contributed by atoms with Crippen LogP contribution in [0.15, 0.2) is 30.3 Å². The number of nitrogen functional groups attached to an aromatic ring is 1. The number of nitrogens with two attached hydrogens (primary N) is 1. The van der Waals surface area contributed by atoms with E-state index in [1.165, 1.54) is 0 Å². The first-order valence-electron chi connectivity index (χ1n) is 16.3. The predicted molar refractivity (Wildman–Crippen MR) is 194 cm³/mol. The maximum atomic E-state index is 12.3. The third-order valence-corrected chi connectivity index (χ3v) is 8.60. The van der Waals surface area contributed by atoms with Gasteiger partial charge in [0.1, 0.15) is 22.9 Å². The molecule has 266 valence electrons. The average molecular weight is 707 g/mol. The van der Waals surface area contributed by atoms with Gasteiger partial charge in [-0.25, -0.2) is 4.79 Å². The van der Waals surface area contributed by atoms with E-state index in [9.17, 15) is 4.79 Å². The highest BCUT2D eigenvalue weighted by Gasteiger charge is 2.28. The second-order valence-corrected chi connectivity index (χ2v) is 13.2. The number of likely N-dealkylation sites (tertiary alicyclic amines) is 1. The molecule has 0 saturated carbocycles. The van der Waals surface area contributed by atoms with Crippen molar-refractivity contribution in [3.8, 4) is 11.5 Å². The summed E-state index contributed by atoms with van der Waals surface area (Å²) in [4.78, 5) is 14.1. The van der Waals surface area contributed by atoms with Crippen LogP contribution in [0.5, 0.6) is 11.5 Å². The fraction of sp³-hybridized carbons (Fsp3) is 0.571. The molecule has 11 nitrogen and oxygen atoms in total. The molecule has 2 aliphatic rings. The quantitative estimate of drug-likeness (QED) is 0.285. The lowest BCUT2D eigenvalue weighted by molar-refractivity contribution is 0.0204. The Kier molecular flexibility index (Phi) is 16.1. The van der Waals surface area contributed by atoms with Gasteiger partial charge in [-0.1, -0.05) is 6.07 Å². The van der Waals surface area contributed by atoms with Gasteiger partial charge in [-0.3, -0.25) is 0 Å². The molecule has 0 radical (unpaired) electrons. The van der Waals surface area contributed by atoms with Gasteiger partial charge in [0.15, 0.2) is 0 Å². The third-order valence-electron chi connectivity index (χ3n) is 8.60. The van der Waals surface area contributed by atoms with Gasteiger partial charge in [-0.15, -0.1) is 29.9 Å². The number of hydrogen-bond acceptors (Lipinski definition) is 10. The van der Waals surface area contributed by atoms with Gasteiger partial charge in [-0.2, -0.15) is 15.3 Å². The van der Waals surface area contributed by atoms with E-state index in [4.69, 9.17) is 19.9 Å². The van der Waals surface area contributed by atoms with Gasteiger partial charge < -0.3 is 30.2 Å². The van der Waals surface area contributed by atoms with Gasteiger partial charge >= 0.3 is 6.09 Å². The number of amides is 1. The Hall–Kier alpha value is -3.41. The number of nitrogens with zero attached hydrogens (tertiary/aromatic N) is 5. The molecule has 0 atom stereocenters. The molecule has 1 aromatic carbocycles. The van der Waals surface area contributed by atoms with Crippen LogP contribution in [0, 0.1) is 13.8 Å². The summed E-state index contributed by atoms with van der Waals surface area (Å²) in [6, 6.07) is 10.1. The SMILES string of the molecule is COc1ccc(CCc2nnc(C3CCN(C(=O)OC(C)(C)C)CC3)cc2C)c(OC)c1.Cc1cc(C2CCNCC2)nnc1N.Cl.Cl. The van der Waals surface area contributed by atoms with Crippen molar-refractivity contribution in [1.29, 1.82) is 0 Å². The van der Waals surface area contributed by atoms with E-state index in [0.29, 0.717) is 30.7 Å². The average Bonchev–Trinajstić information content (AvgIpc) is 3.05. The van der Waals surface area contributed by atoms with Gasteiger partial charge in [-0.05, 0) is 121 Å². The Morgan fingerprint density at radius 1 is 0.854 bits per heavy atom. The van der Waals surface area contributed by atoms with Crippen molar-refractivity contribution in [3.05, 3.63) is 64.1 Å². The summed E-state index contributed by atoms with van der Waals surface area (Å²) < 4.78 is 16.3. The van der Waals surface area contributed by atoms with E-state index in [-0.39, 0.29) is 30.9 Å². The van der Waals surface area contributed by atoms with Crippen molar-refractivity contribution in [1.82, 2.24) is 30.6 Å². The van der Waals surface area contributed by atoms with E-state index < -0.39 is 5.60 Å². The molecule has 4 heterocycles. The lowest BCUT2D eigenvalue weighted by atomic mass is 9.92. The Morgan fingerprint density at radius 2 is 1.46 bits per heavy atom. The largest absolute Gasteiger partial charge is 0.497 e. The number of nitrogens with one attached hydrogen (secondary N) is 1. The maximum Gasteiger partial charge on any atom is 0.410 e. The van der Waals surface area contributed by atoms with Crippen LogP contribution in [0.2, 0.25) is 0 Å². The number of halogens is 2. The highest BCUT2D eigenvalue weighted by molar-refractivity contribution is 5.85. The highest BCUT2D eigenvalue weighted by atomic mass is 35.5. The van der Waals surface area contributed by atoms with Crippen molar-refractivity contribution in [2.45, 2.75) is 90.6 Å². The van der Waals surface area contributed by atoms with Crippen LogP contribution in [0.1, 0.15) is 92.1 Å². The number of aryl methyl sites for hydroxylation is 4. The third kappa shape index (κ3) is 11.6. The number of ether oxygens (including phenoxy) is 3. The second-order valence-electron chi connectivity index (χ2n) is 13.2. The molecule has 13 heteroatoms. The summed E-state index contributed by atoms with van der Waals surface area (Å²) >= 11 is 0. The Bertz CT molecular complexity index is 1460. The summed E-state index contributed by atoms with van der Waals surface area (Å²) in [6.45, 7) is 13.3. The van der Waals surface area contributed by atoms with E-state index in [1.807, 2.05) is 45.9 Å². The smallest absolute Gasteiger partial charge is 0.410 e. The Labute approximate surface area is 297 Å². The molecule has 5 rings (SSSR count). The van der Waals surface area contributed by atoms with Crippen LogP contribution in [0.4, 0.5) is 10.6 Å². The number of rotatable bonds is 7. The zero-order valence-electron chi connectivity index (χ0n) is 29.4. The van der Waals surface area contributed by atoms with Crippen molar-refractivity contribution >= 4 is 36.7 Å². The molecule has 48 heavy (non-hydrogen) atoms. The maximum absolute atomic E-state index is 12.3. The summed E-state index contributed by atoms with van der Waals surface area (Å²) in [5.41, 5.74) is 11.6. The highest BCUT2D eigenvalue weighted by Crippen LogP contribution is 2.29. The number of carbonyl (C=O) groups excluding carboxylic acids is 1. The molecule has 3 N–H and O–H groups in total. The van der Waals surface area contributed by atoms with Crippen molar-refractivity contribution < 1.29 is 19.0 Å². The Morgan fingerprint density at radius 3 is 2.02 bits per heavy atom. The molecule has 2 saturated heterocycles. The number of aromatic nitrogens is 4. The molecule has 2 aliphatic heterocycles. The summed E-state index contributed by atoms with van der Waals surface area (Å²) in [5.74, 6) is 3.02. The molecular formula is C35H53Cl2N7O4. The number of piperidine rings is 2. The van der Waals surface area contributed by atoms with Crippen LogP contribution in [-0.4, -0.2) is 77.4 Å². The normalized spacial score (nSPS) is 15.3. The predicted octanol–water partition coefficient (Wildman–Crippen LogP) is 6.38. The first kappa shape index (κ1) is 40.8. The van der Waals surface area contributed by atoms with E-state index >= 15 is 0 Å². The van der Waals surface area contributed by atoms with Gasteiger partial charge in [0, 0.05) is 31.0 Å². The fourth-order valence-corrected chi connectivity index (χ4v) is 5.81. The molecule has 0 aliphatic carbocycles. The minimum atomic E-state index is -0.470. The lowest BCUT2D eigenvalue weighted by Crippen LogP contribution is -2.41. The Balaban J connectivity index is 0.000000419. The summed E-state index contributed by atoms with van der Waals surface area (Å²) in [7, 11) is 3.32. The molecule has 3 aromatic rings. The molecule has 1 amide bonds. The minimum absolute atomic E-state index is 0. The van der Waals surface area contributed by atoms with Crippen LogP contribution in [-0.2, 0) is 17.6 Å². The summed E-state index contributed by atoms with van der Waals surface area (Å²) in [5, 5.41) is 20.5. The van der Waals surface area contributed by atoms with Crippen molar-refractivity contribution in [3.63, 3.8) is 0 Å². The lowest BCUT2D eigenvalue weighted by Gasteiger charge is -2.33. The minimum Gasteiger partial charge on any atom is -0.497 e. The van der Waals surface area contributed by atoms with E-state index in [0.717, 1.165) is 96.9 Å². The molecule has 2 aromatic heterocycles. The van der Waals surface area contributed by atoms with Crippen LogP contribution < -0.4 is 20.5 Å². The van der Waals surface area contributed by atoms with Gasteiger partial charge in [0.05, 0.1) is 31.3 Å². The second kappa shape index (κ2) is 19.0. The molecule has 0 bridgehead atoms. The van der Waals surface area contributed by atoms with Crippen LogP contribution in [0.3, 0.4) is 0 Å². The van der Waals surface area contributed by atoms with Gasteiger partial charge in [0.2, 0.25) is 0 Å². The first-order valence-corrected chi connectivity index (χ1v) is 16.3. The zero-order valence-corrected chi connectivity index (χ0v) is 31.0. The van der Waals surface area contributed by atoms with E-state index in [2.05, 4.69) is 44.8 Å². The number of carbonyl (C=O) groups is 1. The standard InChI is InChI=1S/C25H35N3O4.C10H16N4.2ClH/c1-17-15-22(18-11-13-28(14-12-18)24(29)32-25(2,3)4)27-26-21(17)10-8-19-7-9-20(30-5)16-23(19)31-6;1-7-6-9(13-14-10(7)11)8-2-4-12-5-3-8;;/h7,9,15-16,18H,8,10-14H2,1-6H3;6,8,12H,2-5H2,1H3,(H2,11,14);2*1H. The van der Waals surface area contributed by atoms with Crippen LogP contribution in [0.25, 0.3) is 0 Å². The molecule has 2 fully saturated rings. The molecule has 0 unspecified atom stereocenters. The number of hydrogen-bond donors (Lipinski definition) is 2. The number of benzene rings is 1. The van der Waals surface area contributed by atoms with E-state index in [1.54, 1.807) is 19.1 Å². The molecule has 0 spiro atoms. The topological polar surface area (TPSA) is 138 Å².